The summed E-state index contributed by atoms with van der Waals surface area (Å²) in [6.45, 7) is 0. The Morgan fingerprint density at radius 3 is 2.39 bits per heavy atom. The van der Waals surface area contributed by atoms with Crippen LogP contribution in [-0.4, -0.2) is 37.3 Å². The van der Waals surface area contributed by atoms with Gasteiger partial charge in [-0.25, -0.2) is 4.79 Å². The summed E-state index contributed by atoms with van der Waals surface area (Å²) in [4.78, 5) is 21.8. The summed E-state index contributed by atoms with van der Waals surface area (Å²) in [7, 11) is 4.35. The summed E-state index contributed by atoms with van der Waals surface area (Å²) in [5.74, 6) is -0.0648. The monoisotopic (exact) mass is 330 g/mol. The Bertz CT molecular complexity index is 861. The van der Waals surface area contributed by atoms with E-state index in [1.807, 2.05) is 30.3 Å². The van der Waals surface area contributed by atoms with E-state index in [0.717, 1.165) is 5.56 Å². The molecule has 118 valence electrons. The molecule has 0 spiro atoms. The summed E-state index contributed by atoms with van der Waals surface area (Å²) < 4.78 is 15.4. The lowest BCUT2D eigenvalue weighted by Gasteiger charge is -2.07. The molecule has 6 nitrogen and oxygen atoms in total. The number of methoxy groups -OCH3 is 3. The van der Waals surface area contributed by atoms with Crippen molar-refractivity contribution in [3.8, 4) is 23.0 Å². The van der Waals surface area contributed by atoms with E-state index in [2.05, 4.69) is 9.97 Å². The molecule has 0 N–H and O–H groups in total. The molecule has 3 rings (SSSR count). The van der Waals surface area contributed by atoms with Gasteiger partial charge in [0.15, 0.2) is 0 Å². The maximum atomic E-state index is 12.2. The molecule has 23 heavy (non-hydrogen) atoms. The quantitative estimate of drug-likeness (QED) is 0.684. The van der Waals surface area contributed by atoms with Crippen LogP contribution in [0, 0.1) is 0 Å². The fourth-order valence-electron chi connectivity index (χ4n) is 2.31. The van der Waals surface area contributed by atoms with Gasteiger partial charge in [0.2, 0.25) is 5.88 Å². The highest BCUT2D eigenvalue weighted by Gasteiger charge is 2.25. The predicted octanol–water partition coefficient (Wildman–Crippen LogP) is 3.16. The van der Waals surface area contributed by atoms with Crippen molar-refractivity contribution >= 4 is 27.5 Å². The molecule has 0 aliphatic carbocycles. The first-order chi connectivity index (χ1) is 11.2. The van der Waals surface area contributed by atoms with Gasteiger partial charge in [-0.2, -0.15) is 9.97 Å². The van der Waals surface area contributed by atoms with Gasteiger partial charge in [0, 0.05) is 5.56 Å². The average molecular weight is 330 g/mol. The zero-order valence-corrected chi connectivity index (χ0v) is 13.6. The number of fused-ring (bicyclic) bond motifs is 1. The Labute approximate surface area is 136 Å². The molecule has 0 atom stereocenters. The van der Waals surface area contributed by atoms with E-state index in [1.165, 1.54) is 32.7 Å². The number of carbonyl (C=O) groups excluding carboxylic acids is 1. The lowest BCUT2D eigenvalue weighted by Crippen LogP contribution is -2.00. The predicted molar refractivity (Wildman–Crippen MR) is 87.3 cm³/mol. The number of carbonyl (C=O) groups is 1. The highest BCUT2D eigenvalue weighted by molar-refractivity contribution is 7.21. The van der Waals surface area contributed by atoms with Crippen LogP contribution >= 0.6 is 11.3 Å². The summed E-state index contributed by atoms with van der Waals surface area (Å²) >= 11 is 1.22. The third kappa shape index (κ3) is 2.59. The van der Waals surface area contributed by atoms with Gasteiger partial charge in [-0.1, -0.05) is 30.3 Å². The number of thiophene rings is 1. The van der Waals surface area contributed by atoms with E-state index < -0.39 is 5.97 Å². The molecule has 0 bridgehead atoms. The van der Waals surface area contributed by atoms with Crippen molar-refractivity contribution in [2.24, 2.45) is 0 Å². The second kappa shape index (κ2) is 6.21. The van der Waals surface area contributed by atoms with Crippen molar-refractivity contribution in [2.75, 3.05) is 21.3 Å². The average Bonchev–Trinajstić information content (AvgIpc) is 3.00. The van der Waals surface area contributed by atoms with Crippen LogP contribution in [0.4, 0.5) is 0 Å². The van der Waals surface area contributed by atoms with Gasteiger partial charge in [-0.05, 0) is 5.56 Å². The minimum absolute atomic E-state index is 0.187. The van der Waals surface area contributed by atoms with Crippen molar-refractivity contribution in [3.63, 3.8) is 0 Å². The molecule has 0 amide bonds. The van der Waals surface area contributed by atoms with Crippen LogP contribution in [-0.2, 0) is 4.74 Å². The van der Waals surface area contributed by atoms with Crippen LogP contribution in [0.5, 0.6) is 11.9 Å². The third-order valence-corrected chi connectivity index (χ3v) is 4.37. The van der Waals surface area contributed by atoms with E-state index in [-0.39, 0.29) is 6.01 Å². The Hall–Kier alpha value is -2.67. The van der Waals surface area contributed by atoms with Crippen LogP contribution in [0.1, 0.15) is 9.67 Å². The number of hydrogen-bond acceptors (Lipinski definition) is 7. The van der Waals surface area contributed by atoms with Crippen LogP contribution in [0.2, 0.25) is 0 Å². The summed E-state index contributed by atoms with van der Waals surface area (Å²) in [6.07, 6.45) is 0. The molecule has 0 unspecified atom stereocenters. The van der Waals surface area contributed by atoms with Crippen molar-refractivity contribution < 1.29 is 19.0 Å². The SMILES string of the molecule is COC(=O)c1sc2nc(OC)nc(OC)c2c1-c1ccccc1. The molecular weight excluding hydrogens is 316 g/mol. The lowest BCUT2D eigenvalue weighted by atomic mass is 10.0. The largest absolute Gasteiger partial charge is 0.480 e. The standard InChI is InChI=1S/C16H14N2O4S/c1-20-13-11-10(9-7-5-4-6-8-9)12(15(19)21-2)23-14(11)18-16(17-13)22-3/h4-8H,1-3H3. The van der Waals surface area contributed by atoms with Gasteiger partial charge in [-0.15, -0.1) is 11.3 Å². The molecule has 2 heterocycles. The highest BCUT2D eigenvalue weighted by atomic mass is 32.1. The van der Waals surface area contributed by atoms with Crippen molar-refractivity contribution in [2.45, 2.75) is 0 Å². The number of hydrogen-bond donors (Lipinski definition) is 0. The molecular formula is C16H14N2O4S. The maximum Gasteiger partial charge on any atom is 0.348 e. The minimum atomic E-state index is -0.423. The van der Waals surface area contributed by atoms with Gasteiger partial charge in [-0.3, -0.25) is 0 Å². The van der Waals surface area contributed by atoms with Gasteiger partial charge in [0.1, 0.15) is 9.71 Å². The normalized spacial score (nSPS) is 10.6. The number of esters is 1. The van der Waals surface area contributed by atoms with Gasteiger partial charge >= 0.3 is 12.0 Å². The van der Waals surface area contributed by atoms with Crippen LogP contribution in [0.25, 0.3) is 21.3 Å². The van der Waals surface area contributed by atoms with Crippen molar-refractivity contribution in [3.05, 3.63) is 35.2 Å². The van der Waals surface area contributed by atoms with E-state index in [4.69, 9.17) is 14.2 Å². The smallest absolute Gasteiger partial charge is 0.348 e. The molecule has 0 radical (unpaired) electrons. The Kier molecular flexibility index (Phi) is 4.12. The van der Waals surface area contributed by atoms with E-state index >= 15 is 0 Å². The molecule has 2 aromatic heterocycles. The topological polar surface area (TPSA) is 70.5 Å². The third-order valence-electron chi connectivity index (χ3n) is 3.31. The zero-order valence-electron chi connectivity index (χ0n) is 12.8. The first-order valence-electron chi connectivity index (χ1n) is 6.75. The molecule has 0 saturated carbocycles. The van der Waals surface area contributed by atoms with Gasteiger partial charge in [0.05, 0.1) is 26.7 Å². The highest BCUT2D eigenvalue weighted by Crippen LogP contribution is 2.42. The molecule has 1 aromatic carbocycles. The number of aromatic nitrogens is 2. The number of ether oxygens (including phenoxy) is 3. The fourth-order valence-corrected chi connectivity index (χ4v) is 3.40. The van der Waals surface area contributed by atoms with Crippen LogP contribution in [0.15, 0.2) is 30.3 Å². The molecule has 0 aliphatic rings. The maximum absolute atomic E-state index is 12.2. The first-order valence-corrected chi connectivity index (χ1v) is 7.57. The molecule has 0 saturated heterocycles. The van der Waals surface area contributed by atoms with Crippen LogP contribution < -0.4 is 9.47 Å². The van der Waals surface area contributed by atoms with E-state index in [1.54, 1.807) is 0 Å². The Balaban J connectivity index is 2.40. The number of nitrogens with zero attached hydrogens (tertiary/aromatic N) is 2. The summed E-state index contributed by atoms with van der Waals surface area (Å²) in [5.41, 5.74) is 1.57. The van der Waals surface area contributed by atoms with Crippen molar-refractivity contribution in [1.82, 2.24) is 9.97 Å². The molecule has 7 heteroatoms. The first kappa shape index (κ1) is 15.2. The van der Waals surface area contributed by atoms with Crippen LogP contribution in [0.3, 0.4) is 0 Å². The van der Waals surface area contributed by atoms with Gasteiger partial charge in [0.25, 0.3) is 0 Å². The minimum Gasteiger partial charge on any atom is -0.480 e. The zero-order chi connectivity index (χ0) is 16.4. The summed E-state index contributed by atoms with van der Waals surface area (Å²) in [5, 5.41) is 0.671. The second-order valence-electron chi connectivity index (χ2n) is 4.56. The molecule has 3 aromatic rings. The number of rotatable bonds is 4. The molecule has 0 aliphatic heterocycles. The second-order valence-corrected chi connectivity index (χ2v) is 5.56. The Morgan fingerprint density at radius 2 is 1.78 bits per heavy atom. The van der Waals surface area contributed by atoms with Crippen molar-refractivity contribution in [1.29, 1.82) is 0 Å². The molecule has 0 fully saturated rings. The lowest BCUT2D eigenvalue weighted by molar-refractivity contribution is 0.0607. The van der Waals surface area contributed by atoms with E-state index in [0.29, 0.717) is 26.5 Å². The fraction of sp³-hybridized carbons (Fsp3) is 0.188. The Morgan fingerprint density at radius 1 is 1.04 bits per heavy atom. The van der Waals surface area contributed by atoms with Gasteiger partial charge < -0.3 is 14.2 Å². The van der Waals surface area contributed by atoms with E-state index in [9.17, 15) is 4.79 Å². The number of benzene rings is 1. The summed E-state index contributed by atoms with van der Waals surface area (Å²) in [6, 6.07) is 9.72.